The molecule has 0 saturated carbocycles. The number of carbonyl (C=O) groups excluding carboxylic acids is 2. The first-order chi connectivity index (χ1) is 10.9. The highest BCUT2D eigenvalue weighted by atomic mass is 16.5. The molecule has 0 unspecified atom stereocenters. The number of aromatic nitrogens is 2. The Morgan fingerprint density at radius 2 is 2.17 bits per heavy atom. The van der Waals surface area contributed by atoms with E-state index in [1.165, 1.54) is 19.4 Å². The zero-order valence-corrected chi connectivity index (χ0v) is 12.1. The topological polar surface area (TPSA) is 137 Å². The molecule has 0 fully saturated rings. The Morgan fingerprint density at radius 3 is 2.83 bits per heavy atom. The van der Waals surface area contributed by atoms with Crippen LogP contribution in [-0.4, -0.2) is 27.9 Å². The summed E-state index contributed by atoms with van der Waals surface area (Å²) in [5.74, 6) is -1.48. The highest BCUT2D eigenvalue weighted by Crippen LogP contribution is 2.05. The van der Waals surface area contributed by atoms with Gasteiger partial charge in [-0.25, -0.2) is 9.59 Å². The van der Waals surface area contributed by atoms with Gasteiger partial charge in [-0.2, -0.15) is 0 Å². The predicted octanol–water partition coefficient (Wildman–Crippen LogP) is -0.312. The Hall–Kier alpha value is -3.36. The van der Waals surface area contributed by atoms with Gasteiger partial charge < -0.3 is 14.9 Å². The van der Waals surface area contributed by atoms with Crippen molar-refractivity contribution >= 4 is 23.6 Å². The maximum absolute atomic E-state index is 12.0. The molecule has 0 spiro atoms. The fourth-order valence-electron chi connectivity index (χ4n) is 1.70. The van der Waals surface area contributed by atoms with Crippen LogP contribution in [0.15, 0.2) is 38.5 Å². The van der Waals surface area contributed by atoms with Crippen LogP contribution in [0.3, 0.4) is 0 Å². The number of esters is 1. The maximum Gasteiger partial charge on any atom is 0.331 e. The molecule has 2 aromatic heterocycles. The molecule has 2 aromatic rings. The van der Waals surface area contributed by atoms with Crippen LogP contribution in [0.2, 0.25) is 0 Å². The summed E-state index contributed by atoms with van der Waals surface area (Å²) in [4.78, 5) is 48.3. The molecule has 0 bridgehead atoms. The van der Waals surface area contributed by atoms with Crippen LogP contribution >= 0.6 is 0 Å². The van der Waals surface area contributed by atoms with Gasteiger partial charge in [0.25, 0.3) is 5.56 Å². The van der Waals surface area contributed by atoms with Crippen LogP contribution in [0.1, 0.15) is 16.1 Å². The number of aromatic amines is 1. The third kappa shape index (κ3) is 3.64. The number of Topliss-reactive ketones (excluding diaryl/α,β-unsaturated/α-hetero) is 1. The molecule has 9 nitrogen and oxygen atoms in total. The molecular formula is C14H13N3O6. The molecule has 0 aromatic carbocycles. The Morgan fingerprint density at radius 1 is 1.43 bits per heavy atom. The van der Waals surface area contributed by atoms with Crippen molar-refractivity contribution in [3.63, 3.8) is 0 Å². The quantitative estimate of drug-likeness (QED) is 0.438. The normalized spacial score (nSPS) is 10.8. The van der Waals surface area contributed by atoms with E-state index in [9.17, 15) is 19.2 Å². The van der Waals surface area contributed by atoms with Crippen molar-refractivity contribution in [2.75, 3.05) is 12.3 Å². The monoisotopic (exact) mass is 319 g/mol. The first kappa shape index (κ1) is 16.0. The van der Waals surface area contributed by atoms with Crippen LogP contribution in [0.5, 0.6) is 0 Å². The summed E-state index contributed by atoms with van der Waals surface area (Å²) in [5.41, 5.74) is 3.45. The lowest BCUT2D eigenvalue weighted by atomic mass is 10.2. The van der Waals surface area contributed by atoms with E-state index in [1.807, 2.05) is 4.98 Å². The Balaban J connectivity index is 2.06. The van der Waals surface area contributed by atoms with E-state index in [-0.39, 0.29) is 5.82 Å². The van der Waals surface area contributed by atoms with E-state index in [0.717, 1.165) is 10.6 Å². The number of H-pyrrole nitrogens is 1. The van der Waals surface area contributed by atoms with E-state index in [0.29, 0.717) is 5.76 Å². The SMILES string of the molecule is Cn1c(N)c(C(=O)COC(=O)/C=C/c2ccco2)c(=O)[nH]c1=O. The summed E-state index contributed by atoms with van der Waals surface area (Å²) in [5, 5.41) is 0. The van der Waals surface area contributed by atoms with Gasteiger partial charge in [-0.1, -0.05) is 0 Å². The van der Waals surface area contributed by atoms with Crippen molar-refractivity contribution in [1.29, 1.82) is 0 Å². The molecule has 2 heterocycles. The number of carbonyl (C=O) groups is 2. The number of nitrogens with two attached hydrogens (primary N) is 1. The van der Waals surface area contributed by atoms with Crippen LogP contribution in [0, 0.1) is 0 Å². The van der Waals surface area contributed by atoms with Crippen molar-refractivity contribution < 1.29 is 18.7 Å². The van der Waals surface area contributed by atoms with Gasteiger partial charge in [-0.05, 0) is 18.2 Å². The van der Waals surface area contributed by atoms with Gasteiger partial charge in [0.05, 0.1) is 6.26 Å². The summed E-state index contributed by atoms with van der Waals surface area (Å²) in [6, 6.07) is 3.27. The lowest BCUT2D eigenvalue weighted by Crippen LogP contribution is -2.35. The van der Waals surface area contributed by atoms with E-state index >= 15 is 0 Å². The molecule has 23 heavy (non-hydrogen) atoms. The molecule has 0 saturated heterocycles. The highest BCUT2D eigenvalue weighted by Gasteiger charge is 2.19. The van der Waals surface area contributed by atoms with Crippen molar-refractivity contribution in [2.24, 2.45) is 7.05 Å². The Kier molecular flexibility index (Phi) is 4.60. The molecule has 0 radical (unpaired) electrons. The number of anilines is 1. The molecule has 9 heteroatoms. The summed E-state index contributed by atoms with van der Waals surface area (Å²) in [6.07, 6.45) is 3.86. The smallest absolute Gasteiger partial charge is 0.331 e. The lowest BCUT2D eigenvalue weighted by molar-refractivity contribution is -0.136. The molecular weight excluding hydrogens is 306 g/mol. The minimum absolute atomic E-state index is 0.300. The molecule has 0 atom stereocenters. The predicted molar refractivity (Wildman–Crippen MR) is 79.7 cm³/mol. The number of ketones is 1. The number of ether oxygens (including phenoxy) is 1. The number of nitrogen functional groups attached to an aromatic ring is 1. The van der Waals surface area contributed by atoms with Crippen LogP contribution in [0.4, 0.5) is 5.82 Å². The van der Waals surface area contributed by atoms with Gasteiger partial charge in [-0.15, -0.1) is 0 Å². The van der Waals surface area contributed by atoms with Crippen molar-refractivity contribution in [3.05, 3.63) is 56.6 Å². The summed E-state index contributed by atoms with van der Waals surface area (Å²) >= 11 is 0. The van der Waals surface area contributed by atoms with E-state index in [1.54, 1.807) is 12.1 Å². The highest BCUT2D eigenvalue weighted by molar-refractivity contribution is 6.01. The van der Waals surface area contributed by atoms with Gasteiger partial charge in [0.15, 0.2) is 6.61 Å². The minimum atomic E-state index is -0.933. The standard InChI is InChI=1S/C14H13N3O6/c1-17-12(15)11(13(20)16-14(17)21)9(18)7-23-10(19)5-4-8-3-2-6-22-8/h2-6H,7,15H2,1H3,(H,16,20,21)/b5-4+. The van der Waals surface area contributed by atoms with E-state index in [2.05, 4.69) is 0 Å². The van der Waals surface area contributed by atoms with Gasteiger partial charge in [0, 0.05) is 13.1 Å². The lowest BCUT2D eigenvalue weighted by Gasteiger charge is -2.07. The average molecular weight is 319 g/mol. The van der Waals surface area contributed by atoms with Gasteiger partial charge in [0.2, 0.25) is 5.78 Å². The second-order valence-electron chi connectivity index (χ2n) is 4.46. The van der Waals surface area contributed by atoms with Crippen molar-refractivity contribution in [3.8, 4) is 0 Å². The molecule has 120 valence electrons. The van der Waals surface area contributed by atoms with E-state index < -0.39 is 35.2 Å². The molecule has 0 aliphatic rings. The van der Waals surface area contributed by atoms with Gasteiger partial charge >= 0.3 is 11.7 Å². The third-order valence-electron chi connectivity index (χ3n) is 2.92. The molecule has 0 amide bonds. The summed E-state index contributed by atoms with van der Waals surface area (Å²) in [7, 11) is 1.29. The zero-order valence-electron chi connectivity index (χ0n) is 12.1. The number of nitrogens with one attached hydrogen (secondary N) is 1. The fourth-order valence-corrected chi connectivity index (χ4v) is 1.70. The average Bonchev–Trinajstić information content (AvgIpc) is 3.02. The van der Waals surface area contributed by atoms with Crippen molar-refractivity contribution in [2.45, 2.75) is 0 Å². The second kappa shape index (κ2) is 6.60. The first-order valence-corrected chi connectivity index (χ1v) is 6.40. The minimum Gasteiger partial charge on any atom is -0.465 e. The van der Waals surface area contributed by atoms with Crippen molar-refractivity contribution in [1.82, 2.24) is 9.55 Å². The fraction of sp³-hybridized carbons (Fsp3) is 0.143. The summed E-state index contributed by atoms with van der Waals surface area (Å²) in [6.45, 7) is -0.688. The van der Waals surface area contributed by atoms with Crippen LogP contribution in [-0.2, 0) is 16.6 Å². The molecule has 0 aliphatic heterocycles. The number of hydrogen-bond donors (Lipinski definition) is 2. The van der Waals surface area contributed by atoms with Gasteiger partial charge in [0.1, 0.15) is 17.1 Å². The molecule has 3 N–H and O–H groups in total. The largest absolute Gasteiger partial charge is 0.465 e. The Bertz CT molecular complexity index is 873. The number of hydrogen-bond acceptors (Lipinski definition) is 7. The number of nitrogens with zero attached hydrogens (tertiary/aromatic N) is 1. The number of furan rings is 1. The first-order valence-electron chi connectivity index (χ1n) is 6.40. The third-order valence-corrected chi connectivity index (χ3v) is 2.92. The second-order valence-corrected chi connectivity index (χ2v) is 4.46. The molecule has 0 aliphatic carbocycles. The van der Waals surface area contributed by atoms with Gasteiger partial charge in [-0.3, -0.25) is 19.1 Å². The summed E-state index contributed by atoms with van der Waals surface area (Å²) < 4.78 is 10.6. The van der Waals surface area contributed by atoms with Crippen LogP contribution < -0.4 is 17.0 Å². The zero-order chi connectivity index (χ0) is 17.0. The maximum atomic E-state index is 12.0. The number of rotatable bonds is 5. The van der Waals surface area contributed by atoms with Crippen LogP contribution in [0.25, 0.3) is 6.08 Å². The van der Waals surface area contributed by atoms with E-state index in [4.69, 9.17) is 14.9 Å². The Labute approximate surface area is 129 Å². The molecule has 2 rings (SSSR count).